The lowest BCUT2D eigenvalue weighted by Crippen LogP contribution is -2.00. The molecular weight excluding hydrogens is 224 g/mol. The maximum absolute atomic E-state index is 5.77. The van der Waals surface area contributed by atoms with Gasteiger partial charge in [0.1, 0.15) is 17.5 Å². The van der Waals surface area contributed by atoms with Crippen molar-refractivity contribution < 1.29 is 4.74 Å². The van der Waals surface area contributed by atoms with Gasteiger partial charge in [0.25, 0.3) is 0 Å². The first-order valence-corrected chi connectivity index (χ1v) is 5.22. The normalized spacial score (nSPS) is 10.1. The smallest absolute Gasteiger partial charge is 0.142 e. The fourth-order valence-electron chi connectivity index (χ4n) is 1.29. The van der Waals surface area contributed by atoms with E-state index in [1.807, 2.05) is 30.3 Å². The van der Waals surface area contributed by atoms with Crippen molar-refractivity contribution in [2.75, 3.05) is 5.73 Å². The quantitative estimate of drug-likeness (QED) is 0.656. The predicted molar refractivity (Wildman–Crippen MR) is 64.4 cm³/mol. The SMILES string of the molecule is Nc1ccccc1OCc1cccc(Cl)n1. The summed E-state index contributed by atoms with van der Waals surface area (Å²) in [5, 5.41) is 0.460. The highest BCUT2D eigenvalue weighted by molar-refractivity contribution is 6.29. The molecule has 2 rings (SSSR count). The second-order valence-electron chi connectivity index (χ2n) is 3.28. The zero-order chi connectivity index (χ0) is 11.4. The summed E-state index contributed by atoms with van der Waals surface area (Å²) < 4.78 is 5.53. The van der Waals surface area contributed by atoms with Gasteiger partial charge in [0.2, 0.25) is 0 Å². The molecule has 1 aromatic heterocycles. The van der Waals surface area contributed by atoms with E-state index in [4.69, 9.17) is 22.1 Å². The molecule has 0 aliphatic carbocycles. The molecule has 0 saturated heterocycles. The van der Waals surface area contributed by atoms with Crippen LogP contribution in [0.25, 0.3) is 0 Å². The summed E-state index contributed by atoms with van der Waals surface area (Å²) in [4.78, 5) is 4.12. The summed E-state index contributed by atoms with van der Waals surface area (Å²) >= 11 is 5.77. The minimum Gasteiger partial charge on any atom is -0.485 e. The third-order valence-electron chi connectivity index (χ3n) is 2.07. The van der Waals surface area contributed by atoms with E-state index in [-0.39, 0.29) is 0 Å². The van der Waals surface area contributed by atoms with Gasteiger partial charge >= 0.3 is 0 Å². The third kappa shape index (κ3) is 2.64. The Morgan fingerprint density at radius 2 is 1.94 bits per heavy atom. The second-order valence-corrected chi connectivity index (χ2v) is 3.67. The van der Waals surface area contributed by atoms with Gasteiger partial charge in [-0.1, -0.05) is 29.8 Å². The predicted octanol–water partition coefficient (Wildman–Crippen LogP) is 2.90. The van der Waals surface area contributed by atoms with Crippen LogP contribution >= 0.6 is 11.6 Å². The molecule has 16 heavy (non-hydrogen) atoms. The second kappa shape index (κ2) is 4.86. The van der Waals surface area contributed by atoms with E-state index in [9.17, 15) is 0 Å². The number of pyridine rings is 1. The van der Waals surface area contributed by atoms with Crippen molar-refractivity contribution in [2.24, 2.45) is 0 Å². The molecule has 1 heterocycles. The number of anilines is 1. The Hall–Kier alpha value is -1.74. The zero-order valence-corrected chi connectivity index (χ0v) is 9.32. The summed E-state index contributed by atoms with van der Waals surface area (Å²) in [6.45, 7) is 0.356. The molecule has 0 aliphatic heterocycles. The van der Waals surface area contributed by atoms with Crippen LogP contribution in [0.5, 0.6) is 5.75 Å². The maximum atomic E-state index is 5.77. The molecule has 4 heteroatoms. The van der Waals surface area contributed by atoms with Gasteiger partial charge in [-0.3, -0.25) is 0 Å². The van der Waals surface area contributed by atoms with Crippen molar-refractivity contribution in [1.82, 2.24) is 4.98 Å². The molecule has 0 fully saturated rings. The van der Waals surface area contributed by atoms with Gasteiger partial charge in [0, 0.05) is 0 Å². The van der Waals surface area contributed by atoms with Crippen LogP contribution in [0.2, 0.25) is 5.15 Å². The molecule has 1 aromatic carbocycles. The van der Waals surface area contributed by atoms with E-state index >= 15 is 0 Å². The average Bonchev–Trinajstić information content (AvgIpc) is 2.28. The summed E-state index contributed by atoms with van der Waals surface area (Å²) in [5.74, 6) is 0.657. The minimum absolute atomic E-state index is 0.356. The van der Waals surface area contributed by atoms with E-state index in [1.54, 1.807) is 12.1 Å². The minimum atomic E-state index is 0.356. The molecule has 0 radical (unpaired) electrons. The fraction of sp³-hybridized carbons (Fsp3) is 0.0833. The molecule has 0 amide bonds. The van der Waals surface area contributed by atoms with Crippen LogP contribution in [0.15, 0.2) is 42.5 Å². The van der Waals surface area contributed by atoms with Crippen LogP contribution in [-0.4, -0.2) is 4.98 Å². The molecule has 0 bridgehead atoms. The van der Waals surface area contributed by atoms with Crippen LogP contribution in [0, 0.1) is 0 Å². The van der Waals surface area contributed by atoms with Crippen LogP contribution in [0.1, 0.15) is 5.69 Å². The van der Waals surface area contributed by atoms with E-state index < -0.39 is 0 Å². The van der Waals surface area contributed by atoms with E-state index in [0.29, 0.717) is 23.2 Å². The summed E-state index contributed by atoms with van der Waals surface area (Å²) in [6.07, 6.45) is 0. The maximum Gasteiger partial charge on any atom is 0.142 e. The number of hydrogen-bond acceptors (Lipinski definition) is 3. The fourth-order valence-corrected chi connectivity index (χ4v) is 1.48. The largest absolute Gasteiger partial charge is 0.485 e. The Morgan fingerprint density at radius 3 is 2.69 bits per heavy atom. The van der Waals surface area contributed by atoms with E-state index in [2.05, 4.69) is 4.98 Å². The first kappa shape index (κ1) is 10.8. The molecule has 3 nitrogen and oxygen atoms in total. The molecule has 2 N–H and O–H groups in total. The molecular formula is C12H11ClN2O. The number of nitrogens with two attached hydrogens (primary N) is 1. The van der Waals surface area contributed by atoms with Gasteiger partial charge in [-0.05, 0) is 24.3 Å². The average molecular weight is 235 g/mol. The van der Waals surface area contributed by atoms with Gasteiger partial charge in [-0.15, -0.1) is 0 Å². The lowest BCUT2D eigenvalue weighted by atomic mass is 10.3. The highest BCUT2D eigenvalue weighted by Gasteiger charge is 2.00. The van der Waals surface area contributed by atoms with Crippen molar-refractivity contribution in [3.05, 3.63) is 53.3 Å². The molecule has 0 aliphatic rings. The number of aromatic nitrogens is 1. The number of nitrogens with zero attached hydrogens (tertiary/aromatic N) is 1. The summed E-state index contributed by atoms with van der Waals surface area (Å²) in [7, 11) is 0. The highest BCUT2D eigenvalue weighted by Crippen LogP contribution is 2.20. The standard InChI is InChI=1S/C12H11ClN2O/c13-12-7-3-4-9(15-12)8-16-11-6-2-1-5-10(11)14/h1-7H,8,14H2. The molecule has 2 aromatic rings. The van der Waals surface area contributed by atoms with E-state index in [1.165, 1.54) is 0 Å². The number of para-hydroxylation sites is 2. The first-order chi connectivity index (χ1) is 7.75. The number of halogens is 1. The highest BCUT2D eigenvalue weighted by atomic mass is 35.5. The van der Waals surface area contributed by atoms with Crippen LogP contribution in [0.3, 0.4) is 0 Å². The number of ether oxygens (including phenoxy) is 1. The van der Waals surface area contributed by atoms with Crippen molar-refractivity contribution in [3.63, 3.8) is 0 Å². The molecule has 0 spiro atoms. The molecule has 0 atom stereocenters. The first-order valence-electron chi connectivity index (χ1n) is 4.84. The number of hydrogen-bond donors (Lipinski definition) is 1. The topological polar surface area (TPSA) is 48.1 Å². The van der Waals surface area contributed by atoms with Gasteiger partial charge in [0.15, 0.2) is 0 Å². The Balaban J connectivity index is 2.05. The monoisotopic (exact) mass is 234 g/mol. The number of nitrogen functional groups attached to an aromatic ring is 1. The van der Waals surface area contributed by atoms with Gasteiger partial charge in [-0.2, -0.15) is 0 Å². The molecule has 0 saturated carbocycles. The summed E-state index contributed by atoms with van der Waals surface area (Å²) in [5.41, 5.74) is 7.13. The Labute approximate surface area is 98.8 Å². The van der Waals surface area contributed by atoms with Crippen LogP contribution < -0.4 is 10.5 Å². The van der Waals surface area contributed by atoms with Crippen LogP contribution in [-0.2, 0) is 6.61 Å². The van der Waals surface area contributed by atoms with Gasteiger partial charge in [-0.25, -0.2) is 4.98 Å². The van der Waals surface area contributed by atoms with Crippen molar-refractivity contribution in [2.45, 2.75) is 6.61 Å². The van der Waals surface area contributed by atoms with Crippen LogP contribution in [0.4, 0.5) is 5.69 Å². The summed E-state index contributed by atoms with van der Waals surface area (Å²) in [6, 6.07) is 12.8. The zero-order valence-electron chi connectivity index (χ0n) is 8.56. The van der Waals surface area contributed by atoms with Crippen molar-refractivity contribution >= 4 is 17.3 Å². The number of rotatable bonds is 3. The molecule has 0 unspecified atom stereocenters. The lowest BCUT2D eigenvalue weighted by molar-refractivity contribution is 0.303. The third-order valence-corrected chi connectivity index (χ3v) is 2.28. The lowest BCUT2D eigenvalue weighted by Gasteiger charge is -2.07. The Morgan fingerprint density at radius 1 is 1.12 bits per heavy atom. The van der Waals surface area contributed by atoms with Gasteiger partial charge in [0.05, 0.1) is 11.4 Å². The Kier molecular flexibility index (Phi) is 3.27. The van der Waals surface area contributed by atoms with Crippen molar-refractivity contribution in [1.29, 1.82) is 0 Å². The van der Waals surface area contributed by atoms with E-state index in [0.717, 1.165) is 5.69 Å². The molecule has 82 valence electrons. The number of benzene rings is 1. The van der Waals surface area contributed by atoms with Crippen molar-refractivity contribution in [3.8, 4) is 5.75 Å². The Bertz CT molecular complexity index is 488. The van der Waals surface area contributed by atoms with Gasteiger partial charge < -0.3 is 10.5 Å².